The fraction of sp³-hybridized carbons (Fsp3) is 0.538. The number of alkyl halides is 3. The Morgan fingerprint density at radius 2 is 2.00 bits per heavy atom. The van der Waals surface area contributed by atoms with Gasteiger partial charge in [-0.15, -0.1) is 0 Å². The molecule has 0 aliphatic carbocycles. The highest BCUT2D eigenvalue weighted by atomic mass is 19.4. The molecule has 2 aromatic rings. The number of aliphatic hydroxyl groups is 1. The molecule has 0 aromatic carbocycles. The molecule has 8 heteroatoms. The fourth-order valence-corrected chi connectivity index (χ4v) is 2.42. The fourth-order valence-electron chi connectivity index (χ4n) is 2.42. The molecule has 114 valence electrons. The van der Waals surface area contributed by atoms with E-state index in [9.17, 15) is 18.3 Å². The van der Waals surface area contributed by atoms with E-state index in [1.807, 2.05) is 13.8 Å². The minimum Gasteiger partial charge on any atom is -0.386 e. The number of fused-ring (bicyclic) bond motifs is 1. The highest BCUT2D eigenvalue weighted by Gasteiger charge is 2.45. The average Bonchev–Trinajstić information content (AvgIpc) is 2.78. The van der Waals surface area contributed by atoms with Crippen LogP contribution in [0.4, 0.5) is 19.0 Å². The highest BCUT2D eigenvalue weighted by molar-refractivity contribution is 5.70. The first-order chi connectivity index (χ1) is 9.71. The lowest BCUT2D eigenvalue weighted by Crippen LogP contribution is -2.65. The van der Waals surface area contributed by atoms with Gasteiger partial charge in [0.25, 0.3) is 0 Å². The zero-order valence-corrected chi connectivity index (χ0v) is 11.6. The first-order valence-electron chi connectivity index (χ1n) is 6.60. The van der Waals surface area contributed by atoms with Gasteiger partial charge < -0.3 is 10.0 Å². The smallest absolute Gasteiger partial charge is 0.386 e. The van der Waals surface area contributed by atoms with Crippen molar-refractivity contribution in [2.75, 3.05) is 18.0 Å². The Balaban J connectivity index is 1.96. The van der Waals surface area contributed by atoms with Crippen LogP contribution in [0.1, 0.15) is 19.5 Å². The van der Waals surface area contributed by atoms with Crippen LogP contribution in [-0.4, -0.2) is 38.4 Å². The summed E-state index contributed by atoms with van der Waals surface area (Å²) in [4.78, 5) is 5.90. The third-order valence-corrected chi connectivity index (χ3v) is 3.96. The second kappa shape index (κ2) is 4.33. The van der Waals surface area contributed by atoms with E-state index in [2.05, 4.69) is 10.1 Å². The Hall–Kier alpha value is -1.83. The molecule has 0 amide bonds. The molecule has 1 saturated heterocycles. The molecule has 0 saturated carbocycles. The van der Waals surface area contributed by atoms with Gasteiger partial charge >= 0.3 is 6.18 Å². The zero-order valence-electron chi connectivity index (χ0n) is 11.6. The van der Waals surface area contributed by atoms with Crippen LogP contribution >= 0.6 is 0 Å². The number of β-amino-alcohol motifs (C(OH)–C–C–N with tert-alkyl or cyclic N) is 1. The second-order valence-electron chi connectivity index (χ2n) is 5.72. The number of aromatic nitrogens is 3. The van der Waals surface area contributed by atoms with Crippen molar-refractivity contribution in [3.05, 3.63) is 24.2 Å². The summed E-state index contributed by atoms with van der Waals surface area (Å²) >= 11 is 0. The molecule has 3 heterocycles. The Morgan fingerprint density at radius 3 is 2.57 bits per heavy atom. The van der Waals surface area contributed by atoms with Gasteiger partial charge in [0.15, 0.2) is 11.5 Å². The molecule has 0 spiro atoms. The first kappa shape index (κ1) is 14.1. The number of hydrogen-bond donors (Lipinski definition) is 1. The van der Waals surface area contributed by atoms with Crippen molar-refractivity contribution in [2.24, 2.45) is 5.92 Å². The van der Waals surface area contributed by atoms with Gasteiger partial charge in [0.05, 0.1) is 13.1 Å². The van der Waals surface area contributed by atoms with Crippen molar-refractivity contribution < 1.29 is 18.3 Å². The molecule has 1 aliphatic rings. The number of hydrogen-bond acceptors (Lipinski definition) is 4. The highest BCUT2D eigenvalue weighted by Crippen LogP contribution is 2.35. The normalized spacial score (nSPS) is 18.3. The van der Waals surface area contributed by atoms with E-state index in [0.717, 1.165) is 10.6 Å². The average molecular weight is 300 g/mol. The van der Waals surface area contributed by atoms with Gasteiger partial charge in [0.2, 0.25) is 0 Å². The SMILES string of the molecule is CC(C)C1(O)CN(c2nccn3nc(C(F)(F)F)cc23)C1. The molecule has 21 heavy (non-hydrogen) atoms. The Bertz CT molecular complexity index is 674. The van der Waals surface area contributed by atoms with E-state index < -0.39 is 17.5 Å². The van der Waals surface area contributed by atoms with Crippen molar-refractivity contribution >= 4 is 11.3 Å². The lowest BCUT2D eigenvalue weighted by Gasteiger charge is -2.49. The Kier molecular flexibility index (Phi) is 2.91. The summed E-state index contributed by atoms with van der Waals surface area (Å²) in [7, 11) is 0. The molecule has 0 unspecified atom stereocenters. The topological polar surface area (TPSA) is 53.7 Å². The molecule has 0 bridgehead atoms. The molecule has 0 radical (unpaired) electrons. The third-order valence-electron chi connectivity index (χ3n) is 3.96. The largest absolute Gasteiger partial charge is 0.435 e. The van der Waals surface area contributed by atoms with Gasteiger partial charge in [-0.3, -0.25) is 0 Å². The van der Waals surface area contributed by atoms with E-state index in [1.165, 1.54) is 12.4 Å². The third kappa shape index (κ3) is 2.23. The molecule has 1 N–H and O–H groups in total. The van der Waals surface area contributed by atoms with Crippen molar-refractivity contribution in [3.8, 4) is 0 Å². The minimum absolute atomic E-state index is 0.0733. The maximum atomic E-state index is 12.7. The molecular formula is C13H15F3N4O. The summed E-state index contributed by atoms with van der Waals surface area (Å²) in [6.07, 6.45) is -1.71. The van der Waals surface area contributed by atoms with Crippen LogP contribution in [-0.2, 0) is 6.18 Å². The van der Waals surface area contributed by atoms with E-state index in [-0.39, 0.29) is 11.4 Å². The predicted molar refractivity (Wildman–Crippen MR) is 70.0 cm³/mol. The predicted octanol–water partition coefficient (Wildman–Crippen LogP) is 1.96. The Labute approximate surface area is 119 Å². The first-order valence-corrected chi connectivity index (χ1v) is 6.60. The molecule has 0 atom stereocenters. The molecule has 5 nitrogen and oxygen atoms in total. The molecule has 1 fully saturated rings. The maximum absolute atomic E-state index is 12.7. The van der Waals surface area contributed by atoms with Crippen molar-refractivity contribution in [3.63, 3.8) is 0 Å². The monoisotopic (exact) mass is 300 g/mol. The van der Waals surface area contributed by atoms with Gasteiger partial charge in [0.1, 0.15) is 11.1 Å². The summed E-state index contributed by atoms with van der Waals surface area (Å²) in [5.74, 6) is 0.481. The van der Waals surface area contributed by atoms with Crippen LogP contribution in [0.15, 0.2) is 18.5 Å². The summed E-state index contributed by atoms with van der Waals surface area (Å²) in [6, 6.07) is 0.981. The van der Waals surface area contributed by atoms with Crippen molar-refractivity contribution in [2.45, 2.75) is 25.6 Å². The van der Waals surface area contributed by atoms with E-state index >= 15 is 0 Å². The van der Waals surface area contributed by atoms with Crippen LogP contribution in [0.2, 0.25) is 0 Å². The molecule has 3 rings (SSSR count). The lowest BCUT2D eigenvalue weighted by atomic mass is 9.83. The number of anilines is 1. The van der Waals surface area contributed by atoms with Crippen molar-refractivity contribution in [1.82, 2.24) is 14.6 Å². The zero-order chi connectivity index (χ0) is 15.4. The van der Waals surface area contributed by atoms with Gasteiger partial charge in [-0.05, 0) is 5.92 Å². The van der Waals surface area contributed by atoms with Crippen molar-refractivity contribution in [1.29, 1.82) is 0 Å². The van der Waals surface area contributed by atoms with Gasteiger partial charge in [-0.25, -0.2) is 9.50 Å². The van der Waals surface area contributed by atoms with Gasteiger partial charge in [-0.1, -0.05) is 13.8 Å². The second-order valence-corrected chi connectivity index (χ2v) is 5.72. The van der Waals surface area contributed by atoms with E-state index in [4.69, 9.17) is 0 Å². The van der Waals surface area contributed by atoms with Gasteiger partial charge in [-0.2, -0.15) is 18.3 Å². The lowest BCUT2D eigenvalue weighted by molar-refractivity contribution is -0.141. The van der Waals surface area contributed by atoms with Crippen LogP contribution in [0.3, 0.4) is 0 Å². The molecule has 2 aromatic heterocycles. The number of nitrogens with zero attached hydrogens (tertiary/aromatic N) is 4. The van der Waals surface area contributed by atoms with Crippen LogP contribution < -0.4 is 4.90 Å². The summed E-state index contributed by atoms with van der Waals surface area (Å²) in [5.41, 5.74) is -1.48. The molecular weight excluding hydrogens is 285 g/mol. The number of rotatable bonds is 2. The van der Waals surface area contributed by atoms with Crippen LogP contribution in [0.25, 0.3) is 5.52 Å². The number of halogens is 3. The summed E-state index contributed by atoms with van der Waals surface area (Å²) in [5, 5.41) is 13.8. The maximum Gasteiger partial charge on any atom is 0.435 e. The van der Waals surface area contributed by atoms with Crippen LogP contribution in [0.5, 0.6) is 0 Å². The van der Waals surface area contributed by atoms with Gasteiger partial charge in [0, 0.05) is 18.5 Å². The van der Waals surface area contributed by atoms with Crippen LogP contribution in [0, 0.1) is 5.92 Å². The quantitative estimate of drug-likeness (QED) is 0.921. The minimum atomic E-state index is -4.49. The Morgan fingerprint density at radius 1 is 1.33 bits per heavy atom. The van der Waals surface area contributed by atoms with E-state index in [1.54, 1.807) is 4.90 Å². The molecule has 1 aliphatic heterocycles. The van der Waals surface area contributed by atoms with E-state index in [0.29, 0.717) is 18.9 Å². The summed E-state index contributed by atoms with van der Waals surface area (Å²) < 4.78 is 39.4. The standard InChI is InChI=1S/C13H15F3N4O/c1-8(2)12(21)6-19(7-12)11-9-5-10(13(14,15)16)18-20(9)4-3-17-11/h3-5,8,21H,6-7H2,1-2H3. The summed E-state index contributed by atoms with van der Waals surface area (Å²) in [6.45, 7) is 4.52.